The van der Waals surface area contributed by atoms with Crippen LogP contribution in [0.5, 0.6) is 0 Å². The van der Waals surface area contributed by atoms with E-state index in [9.17, 15) is 4.79 Å². The van der Waals surface area contributed by atoms with Crippen LogP contribution in [0.2, 0.25) is 0 Å². The molecule has 0 unspecified atom stereocenters. The van der Waals surface area contributed by atoms with Crippen LogP contribution in [0.4, 0.5) is 0 Å². The lowest BCUT2D eigenvalue weighted by Crippen LogP contribution is -2.54. The first kappa shape index (κ1) is 12.6. The molecular weight excluding hydrogens is 242 g/mol. The second-order valence-corrected chi connectivity index (χ2v) is 5.79. The standard InChI is InChI=1S/C13H21N5O/c14-13(6-2-1-3-7-13)12(19)15-8-11-17-16-9-18(11)10-4-5-10/h9-10H,1-8,14H2,(H,15,19). The van der Waals surface area contributed by atoms with Gasteiger partial charge in [-0.25, -0.2) is 0 Å². The number of hydrogen-bond donors (Lipinski definition) is 2. The number of nitrogens with zero attached hydrogens (tertiary/aromatic N) is 3. The van der Waals surface area contributed by atoms with E-state index in [0.717, 1.165) is 31.5 Å². The fourth-order valence-corrected chi connectivity index (χ4v) is 2.80. The fourth-order valence-electron chi connectivity index (χ4n) is 2.80. The third-order valence-corrected chi connectivity index (χ3v) is 4.19. The maximum absolute atomic E-state index is 12.2. The van der Waals surface area contributed by atoms with Gasteiger partial charge in [0.25, 0.3) is 0 Å². The van der Waals surface area contributed by atoms with Gasteiger partial charge in [-0.05, 0) is 25.7 Å². The van der Waals surface area contributed by atoms with Crippen molar-refractivity contribution in [2.75, 3.05) is 0 Å². The van der Waals surface area contributed by atoms with Crippen LogP contribution < -0.4 is 11.1 Å². The van der Waals surface area contributed by atoms with Crippen LogP contribution in [0.15, 0.2) is 6.33 Å². The first-order valence-electron chi connectivity index (χ1n) is 7.15. The molecule has 2 saturated carbocycles. The summed E-state index contributed by atoms with van der Waals surface area (Å²) in [6.07, 6.45) is 8.95. The molecule has 3 N–H and O–H groups in total. The van der Waals surface area contributed by atoms with Crippen LogP contribution in [0, 0.1) is 0 Å². The van der Waals surface area contributed by atoms with Crippen molar-refractivity contribution in [1.29, 1.82) is 0 Å². The number of rotatable bonds is 4. The van der Waals surface area contributed by atoms with Gasteiger partial charge in [0.15, 0.2) is 5.82 Å². The van der Waals surface area contributed by atoms with Gasteiger partial charge < -0.3 is 15.6 Å². The molecule has 6 nitrogen and oxygen atoms in total. The summed E-state index contributed by atoms with van der Waals surface area (Å²) in [6, 6.07) is 0.531. The van der Waals surface area contributed by atoms with Crippen LogP contribution in [0.1, 0.15) is 56.8 Å². The lowest BCUT2D eigenvalue weighted by atomic mass is 9.82. The minimum Gasteiger partial charge on any atom is -0.347 e. The van der Waals surface area contributed by atoms with E-state index in [2.05, 4.69) is 20.1 Å². The Morgan fingerprint density at radius 3 is 2.84 bits per heavy atom. The molecule has 2 fully saturated rings. The number of carbonyl (C=O) groups is 1. The molecule has 2 aliphatic rings. The Kier molecular flexibility index (Phi) is 3.26. The zero-order valence-corrected chi connectivity index (χ0v) is 11.1. The Hall–Kier alpha value is -1.43. The molecule has 2 aliphatic carbocycles. The molecule has 1 heterocycles. The van der Waals surface area contributed by atoms with E-state index in [1.54, 1.807) is 6.33 Å². The van der Waals surface area contributed by atoms with Crippen LogP contribution in [0.3, 0.4) is 0 Å². The summed E-state index contributed by atoms with van der Waals surface area (Å²) in [6.45, 7) is 0.425. The second-order valence-electron chi connectivity index (χ2n) is 5.79. The van der Waals surface area contributed by atoms with E-state index < -0.39 is 5.54 Å². The van der Waals surface area contributed by atoms with Crippen LogP contribution in [0.25, 0.3) is 0 Å². The Balaban J connectivity index is 1.59. The highest BCUT2D eigenvalue weighted by molar-refractivity contribution is 5.86. The molecule has 104 valence electrons. The Labute approximate surface area is 112 Å². The van der Waals surface area contributed by atoms with E-state index in [4.69, 9.17) is 5.73 Å². The van der Waals surface area contributed by atoms with Gasteiger partial charge >= 0.3 is 0 Å². The molecule has 0 saturated heterocycles. The first-order valence-corrected chi connectivity index (χ1v) is 7.15. The summed E-state index contributed by atoms with van der Waals surface area (Å²) in [5.74, 6) is 0.785. The zero-order valence-electron chi connectivity index (χ0n) is 11.1. The SMILES string of the molecule is NC1(C(=O)NCc2nncn2C2CC2)CCCCC1. The summed E-state index contributed by atoms with van der Waals surface area (Å²) >= 11 is 0. The van der Waals surface area contributed by atoms with Crippen molar-refractivity contribution in [2.45, 2.75) is 63.1 Å². The molecule has 1 aromatic heterocycles. The predicted octanol–water partition coefficient (Wildman–Crippen LogP) is 0.891. The maximum Gasteiger partial charge on any atom is 0.240 e. The first-order chi connectivity index (χ1) is 9.19. The third-order valence-electron chi connectivity index (χ3n) is 4.19. The molecule has 0 spiro atoms. The molecule has 19 heavy (non-hydrogen) atoms. The van der Waals surface area contributed by atoms with Gasteiger partial charge in [0.1, 0.15) is 6.33 Å². The lowest BCUT2D eigenvalue weighted by molar-refractivity contribution is -0.127. The number of nitrogens with one attached hydrogen (secondary N) is 1. The highest BCUT2D eigenvalue weighted by atomic mass is 16.2. The summed E-state index contributed by atoms with van der Waals surface area (Å²) in [7, 11) is 0. The van der Waals surface area contributed by atoms with E-state index in [-0.39, 0.29) is 5.91 Å². The molecule has 0 radical (unpaired) electrons. The number of amides is 1. The normalized spacial score (nSPS) is 22.2. The summed E-state index contributed by atoms with van der Waals surface area (Å²) < 4.78 is 2.06. The lowest BCUT2D eigenvalue weighted by Gasteiger charge is -2.31. The average Bonchev–Trinajstić information content (AvgIpc) is 3.16. The second kappa shape index (κ2) is 4.92. The average molecular weight is 263 g/mol. The third kappa shape index (κ3) is 2.63. The summed E-state index contributed by atoms with van der Waals surface area (Å²) in [4.78, 5) is 12.2. The van der Waals surface area contributed by atoms with E-state index in [1.807, 2.05) is 0 Å². The van der Waals surface area contributed by atoms with Gasteiger partial charge in [0, 0.05) is 6.04 Å². The smallest absolute Gasteiger partial charge is 0.240 e. The van der Waals surface area contributed by atoms with Crippen molar-refractivity contribution in [3.8, 4) is 0 Å². The molecule has 1 aromatic rings. The Bertz CT molecular complexity index is 459. The molecule has 0 bridgehead atoms. The fraction of sp³-hybridized carbons (Fsp3) is 0.769. The molecule has 6 heteroatoms. The Morgan fingerprint density at radius 1 is 1.42 bits per heavy atom. The van der Waals surface area contributed by atoms with E-state index in [0.29, 0.717) is 12.6 Å². The zero-order chi connectivity index (χ0) is 13.3. The van der Waals surface area contributed by atoms with Gasteiger partial charge in [0.05, 0.1) is 12.1 Å². The summed E-state index contributed by atoms with van der Waals surface area (Å²) in [5.41, 5.74) is 5.52. The molecule has 3 rings (SSSR count). The van der Waals surface area contributed by atoms with Gasteiger partial charge in [-0.15, -0.1) is 10.2 Å². The predicted molar refractivity (Wildman–Crippen MR) is 70.1 cm³/mol. The van der Waals surface area contributed by atoms with Crippen LogP contribution >= 0.6 is 0 Å². The number of hydrogen-bond acceptors (Lipinski definition) is 4. The highest BCUT2D eigenvalue weighted by Crippen LogP contribution is 2.35. The quantitative estimate of drug-likeness (QED) is 0.844. The Morgan fingerprint density at radius 2 is 2.16 bits per heavy atom. The largest absolute Gasteiger partial charge is 0.347 e. The topological polar surface area (TPSA) is 85.8 Å². The van der Waals surface area contributed by atoms with Crippen molar-refractivity contribution in [2.24, 2.45) is 5.73 Å². The van der Waals surface area contributed by atoms with E-state index in [1.165, 1.54) is 19.3 Å². The molecule has 1 amide bonds. The van der Waals surface area contributed by atoms with Crippen molar-refractivity contribution < 1.29 is 4.79 Å². The molecule has 0 aromatic carbocycles. The van der Waals surface area contributed by atoms with Crippen LogP contribution in [-0.4, -0.2) is 26.2 Å². The number of carbonyl (C=O) groups excluding carboxylic acids is 1. The van der Waals surface area contributed by atoms with Crippen molar-refractivity contribution in [3.63, 3.8) is 0 Å². The minimum atomic E-state index is -0.678. The number of nitrogens with two attached hydrogens (primary N) is 1. The summed E-state index contributed by atoms with van der Waals surface area (Å²) in [5, 5.41) is 10.9. The minimum absolute atomic E-state index is 0.0439. The van der Waals surface area contributed by atoms with Gasteiger partial charge in [0.2, 0.25) is 5.91 Å². The van der Waals surface area contributed by atoms with Crippen molar-refractivity contribution >= 4 is 5.91 Å². The van der Waals surface area contributed by atoms with Crippen molar-refractivity contribution in [1.82, 2.24) is 20.1 Å². The molecular formula is C13H21N5O. The maximum atomic E-state index is 12.2. The van der Waals surface area contributed by atoms with Gasteiger partial charge in [-0.3, -0.25) is 4.79 Å². The monoisotopic (exact) mass is 263 g/mol. The van der Waals surface area contributed by atoms with Crippen molar-refractivity contribution in [3.05, 3.63) is 12.2 Å². The van der Waals surface area contributed by atoms with Crippen LogP contribution in [-0.2, 0) is 11.3 Å². The highest BCUT2D eigenvalue weighted by Gasteiger charge is 2.35. The van der Waals surface area contributed by atoms with Gasteiger partial charge in [-0.2, -0.15) is 0 Å². The molecule has 0 atom stereocenters. The van der Waals surface area contributed by atoms with Gasteiger partial charge in [-0.1, -0.05) is 19.3 Å². The number of aromatic nitrogens is 3. The molecule has 0 aliphatic heterocycles. The van der Waals surface area contributed by atoms with E-state index >= 15 is 0 Å².